The smallest absolute Gasteiger partial charge is 0.237 e. The molecule has 0 aliphatic rings. The van der Waals surface area contributed by atoms with E-state index in [1.807, 2.05) is 19.2 Å². The summed E-state index contributed by atoms with van der Waals surface area (Å²) in [6.45, 7) is 2.77. The van der Waals surface area contributed by atoms with Crippen LogP contribution in [-0.2, 0) is 11.2 Å². The lowest BCUT2D eigenvalue weighted by atomic mass is 10.0. The second-order valence-electron chi connectivity index (χ2n) is 6.35. The van der Waals surface area contributed by atoms with Crippen LogP contribution in [0.15, 0.2) is 42.5 Å². The largest absolute Gasteiger partial charge is 0.354 e. The summed E-state index contributed by atoms with van der Waals surface area (Å²) in [6.07, 6.45) is 3.82. The molecule has 0 aromatic heterocycles. The molecule has 0 radical (unpaired) electrons. The Morgan fingerprint density at radius 3 is 2.30 bits per heavy atom. The third kappa shape index (κ3) is 7.34. The Labute approximate surface area is 178 Å². The predicted molar refractivity (Wildman–Crippen MR) is 118 cm³/mol. The number of carbonyl (C=O) groups excluding carboxylic acids is 1. The second kappa shape index (κ2) is 12.2. The van der Waals surface area contributed by atoms with E-state index in [1.165, 1.54) is 5.56 Å². The minimum Gasteiger partial charge on any atom is -0.354 e. The molecule has 0 spiro atoms. The summed E-state index contributed by atoms with van der Waals surface area (Å²) in [4.78, 5) is 12.2. The van der Waals surface area contributed by atoms with Crippen LogP contribution in [0.1, 0.15) is 31.7 Å². The topological polar surface area (TPSA) is 41.1 Å². The fourth-order valence-electron chi connectivity index (χ4n) is 2.81. The van der Waals surface area contributed by atoms with E-state index >= 15 is 0 Å². The van der Waals surface area contributed by atoms with Crippen molar-refractivity contribution in [3.63, 3.8) is 0 Å². The number of unbranched alkanes of at least 4 members (excludes halogenated alkanes) is 1. The van der Waals surface area contributed by atoms with Gasteiger partial charge >= 0.3 is 0 Å². The molecule has 2 aromatic rings. The molecule has 0 aliphatic heterocycles. The van der Waals surface area contributed by atoms with E-state index in [0.717, 1.165) is 36.8 Å². The Balaban J connectivity index is 0.00000364. The van der Waals surface area contributed by atoms with E-state index in [-0.39, 0.29) is 24.4 Å². The van der Waals surface area contributed by atoms with E-state index in [2.05, 4.69) is 41.8 Å². The van der Waals surface area contributed by atoms with Crippen molar-refractivity contribution in [2.45, 2.75) is 38.6 Å². The molecule has 6 heteroatoms. The number of halogens is 3. The lowest BCUT2D eigenvalue weighted by Gasteiger charge is -2.15. The Hall–Kier alpha value is -1.26. The zero-order valence-electron chi connectivity index (χ0n) is 15.7. The summed E-state index contributed by atoms with van der Waals surface area (Å²) in [7, 11) is 1.83. The molecule has 2 aromatic carbocycles. The maximum absolute atomic E-state index is 12.2. The average Bonchev–Trinajstić information content (AvgIpc) is 2.65. The Morgan fingerprint density at radius 2 is 1.70 bits per heavy atom. The Morgan fingerprint density at radius 1 is 1.04 bits per heavy atom. The van der Waals surface area contributed by atoms with E-state index in [9.17, 15) is 4.79 Å². The van der Waals surface area contributed by atoms with Crippen LogP contribution in [0, 0.1) is 0 Å². The van der Waals surface area contributed by atoms with E-state index in [1.54, 1.807) is 6.07 Å². The van der Waals surface area contributed by atoms with Gasteiger partial charge < -0.3 is 10.6 Å². The summed E-state index contributed by atoms with van der Waals surface area (Å²) < 4.78 is 0. The van der Waals surface area contributed by atoms with Crippen LogP contribution >= 0.6 is 35.6 Å². The van der Waals surface area contributed by atoms with Gasteiger partial charge in [0.2, 0.25) is 5.91 Å². The van der Waals surface area contributed by atoms with Gasteiger partial charge in [0.15, 0.2) is 0 Å². The normalized spacial score (nSPS) is 11.6. The third-order valence-corrected chi connectivity index (χ3v) is 5.17. The van der Waals surface area contributed by atoms with Gasteiger partial charge in [-0.25, -0.2) is 0 Å². The van der Waals surface area contributed by atoms with Crippen molar-refractivity contribution >= 4 is 41.5 Å². The molecule has 2 N–H and O–H groups in total. The molecule has 0 fully saturated rings. The summed E-state index contributed by atoms with van der Waals surface area (Å²) in [5.41, 5.74) is 3.31. The average molecular weight is 430 g/mol. The van der Waals surface area contributed by atoms with Gasteiger partial charge in [-0.1, -0.05) is 73.3 Å². The molecule has 0 aliphatic carbocycles. The van der Waals surface area contributed by atoms with E-state index < -0.39 is 0 Å². The Kier molecular flexibility index (Phi) is 10.8. The molecule has 3 nitrogen and oxygen atoms in total. The quantitative estimate of drug-likeness (QED) is 0.551. The maximum Gasteiger partial charge on any atom is 0.237 e. The molecule has 0 heterocycles. The van der Waals surface area contributed by atoms with Crippen LogP contribution in [-0.4, -0.2) is 25.5 Å². The first kappa shape index (κ1) is 23.8. The summed E-state index contributed by atoms with van der Waals surface area (Å²) in [5.74, 6) is 0.0772. The first-order valence-electron chi connectivity index (χ1n) is 9.04. The van der Waals surface area contributed by atoms with Gasteiger partial charge in [0.25, 0.3) is 0 Å². The van der Waals surface area contributed by atoms with Crippen LogP contribution < -0.4 is 10.6 Å². The molecular formula is C21H27Cl3N2O. The van der Waals surface area contributed by atoms with Crippen LogP contribution in [0.2, 0.25) is 10.0 Å². The highest BCUT2D eigenvalue weighted by Crippen LogP contribution is 2.28. The molecule has 148 valence electrons. The molecule has 1 atom stereocenters. The SMILES string of the molecule is CCCC[C@H](NC)C(=O)NCCc1ccc(-c2ccc(Cl)c(Cl)c2)cc1.Cl. The van der Waals surface area contributed by atoms with E-state index in [4.69, 9.17) is 23.2 Å². The van der Waals surface area contributed by atoms with Crippen molar-refractivity contribution in [1.82, 2.24) is 10.6 Å². The molecule has 0 saturated carbocycles. The maximum atomic E-state index is 12.2. The molecule has 1 amide bonds. The highest BCUT2D eigenvalue weighted by Gasteiger charge is 2.14. The van der Waals surface area contributed by atoms with Gasteiger partial charge in [-0.2, -0.15) is 0 Å². The highest BCUT2D eigenvalue weighted by molar-refractivity contribution is 6.42. The lowest BCUT2D eigenvalue weighted by Crippen LogP contribution is -2.43. The zero-order chi connectivity index (χ0) is 18.9. The Bertz CT molecular complexity index is 720. The number of amides is 1. The third-order valence-electron chi connectivity index (χ3n) is 4.43. The highest BCUT2D eigenvalue weighted by atomic mass is 35.5. The monoisotopic (exact) mass is 428 g/mol. The van der Waals surface area contributed by atoms with Gasteiger partial charge in [-0.15, -0.1) is 12.4 Å². The molecule has 0 saturated heterocycles. The van der Waals surface area contributed by atoms with Gasteiger partial charge in [-0.05, 0) is 48.7 Å². The number of hydrogen-bond acceptors (Lipinski definition) is 2. The van der Waals surface area contributed by atoms with Crippen molar-refractivity contribution < 1.29 is 4.79 Å². The van der Waals surface area contributed by atoms with Crippen molar-refractivity contribution in [2.75, 3.05) is 13.6 Å². The molecule has 0 bridgehead atoms. The lowest BCUT2D eigenvalue weighted by molar-refractivity contribution is -0.123. The van der Waals surface area contributed by atoms with Crippen molar-refractivity contribution in [2.24, 2.45) is 0 Å². The first-order valence-corrected chi connectivity index (χ1v) is 9.80. The van der Waals surface area contributed by atoms with Crippen molar-refractivity contribution in [3.05, 3.63) is 58.1 Å². The molecule has 0 unspecified atom stereocenters. The number of likely N-dealkylation sites (N-methyl/N-ethyl adjacent to an activating group) is 1. The zero-order valence-corrected chi connectivity index (χ0v) is 18.1. The number of hydrogen-bond donors (Lipinski definition) is 2. The summed E-state index contributed by atoms with van der Waals surface area (Å²) in [6, 6.07) is 13.8. The second-order valence-corrected chi connectivity index (χ2v) is 7.16. The van der Waals surface area contributed by atoms with Gasteiger partial charge in [0, 0.05) is 6.54 Å². The number of carbonyl (C=O) groups is 1. The fourth-order valence-corrected chi connectivity index (χ4v) is 3.11. The molecule has 27 heavy (non-hydrogen) atoms. The van der Waals surface area contributed by atoms with Crippen molar-refractivity contribution in [3.8, 4) is 11.1 Å². The van der Waals surface area contributed by atoms with Crippen LogP contribution in [0.5, 0.6) is 0 Å². The van der Waals surface area contributed by atoms with Crippen LogP contribution in [0.4, 0.5) is 0 Å². The minimum absolute atomic E-state index is 0. The van der Waals surface area contributed by atoms with Crippen molar-refractivity contribution in [1.29, 1.82) is 0 Å². The molecular weight excluding hydrogens is 403 g/mol. The number of rotatable bonds is 9. The summed E-state index contributed by atoms with van der Waals surface area (Å²) >= 11 is 12.1. The predicted octanol–water partition coefficient (Wildman–Crippen LogP) is 5.52. The fraction of sp³-hybridized carbons (Fsp3) is 0.381. The first-order chi connectivity index (χ1) is 12.5. The van der Waals surface area contributed by atoms with Gasteiger partial charge in [0.05, 0.1) is 16.1 Å². The summed E-state index contributed by atoms with van der Waals surface area (Å²) in [5, 5.41) is 7.22. The van der Waals surface area contributed by atoms with E-state index in [0.29, 0.717) is 16.6 Å². The van der Waals surface area contributed by atoms with Crippen LogP contribution in [0.25, 0.3) is 11.1 Å². The van der Waals surface area contributed by atoms with Gasteiger partial charge in [-0.3, -0.25) is 4.79 Å². The standard InChI is InChI=1S/C21H26Cl2N2O.ClH/c1-3-4-5-20(24-2)21(26)25-13-12-15-6-8-16(9-7-15)17-10-11-18(22)19(23)14-17;/h6-11,14,20,24H,3-5,12-13H2,1-2H3,(H,25,26);1H/t20-;/m0./s1. The minimum atomic E-state index is -0.105. The van der Waals surface area contributed by atoms with Crippen LogP contribution in [0.3, 0.4) is 0 Å². The van der Waals surface area contributed by atoms with Gasteiger partial charge in [0.1, 0.15) is 0 Å². The number of nitrogens with one attached hydrogen (secondary N) is 2. The molecule has 2 rings (SSSR count). The number of benzene rings is 2.